The van der Waals surface area contributed by atoms with Crippen LogP contribution >= 0.6 is 0 Å². The van der Waals surface area contributed by atoms with Gasteiger partial charge < -0.3 is 10.2 Å². The van der Waals surface area contributed by atoms with E-state index in [0.29, 0.717) is 17.8 Å². The molecule has 0 radical (unpaired) electrons. The van der Waals surface area contributed by atoms with E-state index in [1.54, 1.807) is 16.5 Å². The maximum Gasteiger partial charge on any atom is 0.258 e. The van der Waals surface area contributed by atoms with Crippen molar-refractivity contribution in [1.82, 2.24) is 14.7 Å². The van der Waals surface area contributed by atoms with Gasteiger partial charge in [0.05, 0.1) is 11.3 Å². The fourth-order valence-corrected chi connectivity index (χ4v) is 2.85. The molecule has 0 aliphatic rings. The van der Waals surface area contributed by atoms with Crippen LogP contribution < -0.4 is 5.32 Å². The minimum absolute atomic E-state index is 0.152. The van der Waals surface area contributed by atoms with Gasteiger partial charge in [-0.1, -0.05) is 25.1 Å². The standard InChI is InChI=1S/C19H26N4O2/c1-6-12-23(19(25)17-13(2)21-22(5)14(17)3)15(4)18(24)20-16-10-8-7-9-11-16/h7-11,15H,6,12H2,1-5H3,(H,20,24). The van der Waals surface area contributed by atoms with E-state index < -0.39 is 6.04 Å². The van der Waals surface area contributed by atoms with Crippen LogP contribution in [0.15, 0.2) is 30.3 Å². The third-order valence-electron chi connectivity index (χ3n) is 4.34. The summed E-state index contributed by atoms with van der Waals surface area (Å²) in [7, 11) is 1.81. The van der Waals surface area contributed by atoms with E-state index in [1.165, 1.54) is 0 Å². The van der Waals surface area contributed by atoms with E-state index in [2.05, 4.69) is 10.4 Å². The van der Waals surface area contributed by atoms with E-state index in [0.717, 1.165) is 17.8 Å². The Balaban J connectivity index is 2.24. The fourth-order valence-electron chi connectivity index (χ4n) is 2.85. The molecule has 0 bridgehead atoms. The molecule has 1 atom stereocenters. The molecule has 2 rings (SSSR count). The van der Waals surface area contributed by atoms with Crippen molar-refractivity contribution in [2.45, 2.75) is 40.2 Å². The number of nitrogens with zero attached hydrogens (tertiary/aromatic N) is 3. The van der Waals surface area contributed by atoms with Crippen LogP contribution in [0.2, 0.25) is 0 Å². The zero-order valence-corrected chi connectivity index (χ0v) is 15.5. The van der Waals surface area contributed by atoms with Crippen molar-refractivity contribution in [3.63, 3.8) is 0 Å². The van der Waals surface area contributed by atoms with Gasteiger partial charge in [-0.3, -0.25) is 14.3 Å². The van der Waals surface area contributed by atoms with Crippen molar-refractivity contribution < 1.29 is 9.59 Å². The van der Waals surface area contributed by atoms with Crippen molar-refractivity contribution in [3.05, 3.63) is 47.3 Å². The van der Waals surface area contributed by atoms with Crippen LogP contribution in [-0.2, 0) is 11.8 Å². The summed E-state index contributed by atoms with van der Waals surface area (Å²) in [6, 6.07) is 8.68. The number of hydrogen-bond acceptors (Lipinski definition) is 3. The Labute approximate surface area is 148 Å². The van der Waals surface area contributed by atoms with Gasteiger partial charge in [0, 0.05) is 25.0 Å². The lowest BCUT2D eigenvalue weighted by atomic mass is 10.1. The number of nitrogens with one attached hydrogen (secondary N) is 1. The Morgan fingerprint density at radius 2 is 1.88 bits per heavy atom. The monoisotopic (exact) mass is 342 g/mol. The molecule has 0 saturated carbocycles. The lowest BCUT2D eigenvalue weighted by Crippen LogP contribution is -2.46. The predicted molar refractivity (Wildman–Crippen MR) is 98.5 cm³/mol. The molecular weight excluding hydrogens is 316 g/mol. The van der Waals surface area contributed by atoms with E-state index >= 15 is 0 Å². The molecule has 2 aromatic rings. The van der Waals surface area contributed by atoms with Crippen molar-refractivity contribution in [2.75, 3.05) is 11.9 Å². The molecule has 2 amide bonds. The van der Waals surface area contributed by atoms with Gasteiger partial charge in [0.1, 0.15) is 6.04 Å². The minimum atomic E-state index is -0.577. The van der Waals surface area contributed by atoms with E-state index in [4.69, 9.17) is 0 Å². The van der Waals surface area contributed by atoms with Crippen molar-refractivity contribution in [2.24, 2.45) is 7.05 Å². The molecular formula is C19H26N4O2. The Kier molecular flexibility index (Phi) is 5.96. The van der Waals surface area contributed by atoms with Gasteiger partial charge in [-0.25, -0.2) is 0 Å². The number of aryl methyl sites for hydroxylation is 2. The number of carbonyl (C=O) groups is 2. The van der Waals surface area contributed by atoms with Gasteiger partial charge in [-0.2, -0.15) is 5.10 Å². The molecule has 1 unspecified atom stereocenters. The average Bonchev–Trinajstić information content (AvgIpc) is 2.84. The molecule has 6 nitrogen and oxygen atoms in total. The summed E-state index contributed by atoms with van der Waals surface area (Å²) < 4.78 is 1.70. The number of amides is 2. The van der Waals surface area contributed by atoms with E-state index in [9.17, 15) is 9.59 Å². The Bertz CT molecular complexity index is 752. The molecule has 0 aliphatic heterocycles. The van der Waals surface area contributed by atoms with Crippen LogP contribution in [0, 0.1) is 13.8 Å². The maximum absolute atomic E-state index is 13.1. The summed E-state index contributed by atoms with van der Waals surface area (Å²) >= 11 is 0. The van der Waals surface area contributed by atoms with Crippen molar-refractivity contribution in [3.8, 4) is 0 Å². The minimum Gasteiger partial charge on any atom is -0.327 e. The van der Waals surface area contributed by atoms with Gasteiger partial charge in [0.25, 0.3) is 5.91 Å². The Hall–Kier alpha value is -2.63. The second-order valence-electron chi connectivity index (χ2n) is 6.20. The molecule has 134 valence electrons. The molecule has 0 aliphatic carbocycles. The Morgan fingerprint density at radius 3 is 2.40 bits per heavy atom. The number of benzene rings is 1. The molecule has 25 heavy (non-hydrogen) atoms. The highest BCUT2D eigenvalue weighted by molar-refractivity contribution is 6.02. The highest BCUT2D eigenvalue weighted by atomic mass is 16.2. The van der Waals surface area contributed by atoms with Gasteiger partial charge in [0.15, 0.2) is 0 Å². The van der Waals surface area contributed by atoms with Gasteiger partial charge in [-0.05, 0) is 39.3 Å². The number of para-hydroxylation sites is 1. The average molecular weight is 342 g/mol. The smallest absolute Gasteiger partial charge is 0.258 e. The first-order chi connectivity index (χ1) is 11.9. The number of aromatic nitrogens is 2. The summed E-state index contributed by atoms with van der Waals surface area (Å²) in [5, 5.41) is 7.18. The fraction of sp³-hybridized carbons (Fsp3) is 0.421. The van der Waals surface area contributed by atoms with Crippen molar-refractivity contribution in [1.29, 1.82) is 0 Å². The summed E-state index contributed by atoms with van der Waals surface area (Å²) in [6.45, 7) is 7.94. The molecule has 1 heterocycles. The quantitative estimate of drug-likeness (QED) is 0.878. The predicted octanol–water partition coefficient (Wildman–Crippen LogP) is 2.92. The Morgan fingerprint density at radius 1 is 1.24 bits per heavy atom. The third-order valence-corrected chi connectivity index (χ3v) is 4.34. The molecule has 0 saturated heterocycles. The van der Waals surface area contributed by atoms with Gasteiger partial charge in [-0.15, -0.1) is 0 Å². The topological polar surface area (TPSA) is 67.2 Å². The zero-order valence-electron chi connectivity index (χ0n) is 15.5. The van der Waals surface area contributed by atoms with Crippen LogP contribution in [-0.4, -0.2) is 39.1 Å². The number of hydrogen-bond donors (Lipinski definition) is 1. The first-order valence-corrected chi connectivity index (χ1v) is 8.53. The van der Waals surface area contributed by atoms with E-state index in [-0.39, 0.29) is 11.8 Å². The number of carbonyl (C=O) groups excluding carboxylic acids is 2. The maximum atomic E-state index is 13.1. The molecule has 1 aromatic carbocycles. The highest BCUT2D eigenvalue weighted by Gasteiger charge is 2.29. The molecule has 1 N–H and O–H groups in total. The summed E-state index contributed by atoms with van der Waals surface area (Å²) in [6.07, 6.45) is 0.771. The second-order valence-corrected chi connectivity index (χ2v) is 6.20. The van der Waals surface area contributed by atoms with Gasteiger partial charge >= 0.3 is 0 Å². The first kappa shape index (κ1) is 18.7. The highest BCUT2D eigenvalue weighted by Crippen LogP contribution is 2.18. The molecule has 1 aromatic heterocycles. The van der Waals surface area contributed by atoms with Crippen LogP contribution in [0.3, 0.4) is 0 Å². The van der Waals surface area contributed by atoms with Crippen LogP contribution in [0.4, 0.5) is 5.69 Å². The zero-order chi connectivity index (χ0) is 18.6. The largest absolute Gasteiger partial charge is 0.327 e. The van der Waals surface area contributed by atoms with Gasteiger partial charge in [0.2, 0.25) is 5.91 Å². The SMILES string of the molecule is CCCN(C(=O)c1c(C)nn(C)c1C)C(C)C(=O)Nc1ccccc1. The third kappa shape index (κ3) is 4.07. The van der Waals surface area contributed by atoms with Crippen LogP contribution in [0.1, 0.15) is 42.0 Å². The lowest BCUT2D eigenvalue weighted by molar-refractivity contribution is -0.120. The second kappa shape index (κ2) is 7.96. The molecule has 0 fully saturated rings. The number of rotatable bonds is 6. The van der Waals surface area contributed by atoms with Crippen LogP contribution in [0.5, 0.6) is 0 Å². The van der Waals surface area contributed by atoms with E-state index in [1.807, 2.05) is 58.2 Å². The molecule has 6 heteroatoms. The normalized spacial score (nSPS) is 11.9. The molecule has 0 spiro atoms. The summed E-state index contributed by atoms with van der Waals surface area (Å²) in [4.78, 5) is 27.3. The lowest BCUT2D eigenvalue weighted by Gasteiger charge is -2.28. The first-order valence-electron chi connectivity index (χ1n) is 8.53. The van der Waals surface area contributed by atoms with Crippen LogP contribution in [0.25, 0.3) is 0 Å². The van der Waals surface area contributed by atoms with Crippen molar-refractivity contribution >= 4 is 17.5 Å². The number of anilines is 1. The summed E-state index contributed by atoms with van der Waals surface area (Å²) in [5.41, 5.74) is 2.79. The summed E-state index contributed by atoms with van der Waals surface area (Å²) in [5.74, 6) is -0.354.